The molecule has 0 radical (unpaired) electrons. The van der Waals surface area contributed by atoms with Crippen molar-refractivity contribution >= 4 is 16.3 Å². The first-order valence-electron chi connectivity index (χ1n) is 7.52. The summed E-state index contributed by atoms with van der Waals surface area (Å²) in [7, 11) is 0. The van der Waals surface area contributed by atoms with Gasteiger partial charge in [0, 0.05) is 12.3 Å². The topological polar surface area (TPSA) is 83.7 Å². The standard InChI is InChI=1S/C16H11N5O3S/c1-2-6-17-11(3-1)15-20-21-14(18-19-16(21)25-15)8-22-10-4-5-12-13(7-10)24-9-23-12/h1-7H,8-9H2. The fourth-order valence-electron chi connectivity index (χ4n) is 2.45. The Morgan fingerprint density at radius 2 is 2.08 bits per heavy atom. The Bertz CT molecular complexity index is 1050. The second-order valence-electron chi connectivity index (χ2n) is 5.24. The van der Waals surface area contributed by atoms with Crippen LogP contribution in [-0.4, -0.2) is 31.6 Å². The number of fused-ring (bicyclic) bond motifs is 2. The largest absolute Gasteiger partial charge is 0.485 e. The Kier molecular flexibility index (Phi) is 3.23. The highest BCUT2D eigenvalue weighted by atomic mass is 32.1. The van der Waals surface area contributed by atoms with Crippen molar-refractivity contribution in [3.05, 3.63) is 48.4 Å². The van der Waals surface area contributed by atoms with E-state index in [2.05, 4.69) is 20.3 Å². The second-order valence-corrected chi connectivity index (χ2v) is 6.19. The summed E-state index contributed by atoms with van der Waals surface area (Å²) in [5.74, 6) is 2.68. The van der Waals surface area contributed by atoms with Crippen molar-refractivity contribution in [2.24, 2.45) is 0 Å². The summed E-state index contributed by atoms with van der Waals surface area (Å²) >= 11 is 1.43. The minimum Gasteiger partial charge on any atom is -0.485 e. The van der Waals surface area contributed by atoms with Gasteiger partial charge in [0.15, 0.2) is 22.3 Å². The minimum atomic E-state index is 0.235. The molecule has 0 atom stereocenters. The maximum Gasteiger partial charge on any atom is 0.235 e. The lowest BCUT2D eigenvalue weighted by molar-refractivity contribution is 0.173. The van der Waals surface area contributed by atoms with E-state index < -0.39 is 0 Å². The molecule has 0 fully saturated rings. The number of hydrogen-bond acceptors (Lipinski definition) is 8. The quantitative estimate of drug-likeness (QED) is 0.557. The fraction of sp³-hybridized carbons (Fsp3) is 0.125. The zero-order chi connectivity index (χ0) is 16.6. The third-order valence-corrected chi connectivity index (χ3v) is 4.57. The van der Waals surface area contributed by atoms with E-state index in [9.17, 15) is 0 Å². The van der Waals surface area contributed by atoms with Crippen LogP contribution in [-0.2, 0) is 6.61 Å². The maximum absolute atomic E-state index is 5.79. The van der Waals surface area contributed by atoms with E-state index in [1.54, 1.807) is 16.8 Å². The molecule has 0 amide bonds. The summed E-state index contributed by atoms with van der Waals surface area (Å²) in [6.07, 6.45) is 1.74. The van der Waals surface area contributed by atoms with Crippen LogP contribution in [0, 0.1) is 0 Å². The number of rotatable bonds is 4. The molecule has 0 bridgehead atoms. The molecule has 1 aliphatic heterocycles. The molecule has 1 aromatic carbocycles. The molecule has 4 heterocycles. The van der Waals surface area contributed by atoms with Gasteiger partial charge in [-0.05, 0) is 24.3 Å². The SMILES string of the molecule is c1ccc(-c2nn3c(COc4ccc5c(c4)OCO5)nnc3s2)nc1. The molecule has 0 spiro atoms. The van der Waals surface area contributed by atoms with Gasteiger partial charge in [-0.25, -0.2) is 0 Å². The summed E-state index contributed by atoms with van der Waals surface area (Å²) in [6, 6.07) is 11.1. The van der Waals surface area contributed by atoms with Crippen LogP contribution in [0.5, 0.6) is 17.2 Å². The van der Waals surface area contributed by atoms with Gasteiger partial charge in [-0.3, -0.25) is 4.98 Å². The van der Waals surface area contributed by atoms with Crippen LogP contribution < -0.4 is 14.2 Å². The van der Waals surface area contributed by atoms with E-state index in [0.29, 0.717) is 22.3 Å². The second kappa shape index (κ2) is 5.71. The van der Waals surface area contributed by atoms with Gasteiger partial charge in [-0.2, -0.15) is 9.61 Å². The number of nitrogens with zero attached hydrogens (tertiary/aromatic N) is 5. The summed E-state index contributed by atoms with van der Waals surface area (Å²) in [6.45, 7) is 0.477. The molecule has 0 unspecified atom stereocenters. The van der Waals surface area contributed by atoms with Gasteiger partial charge < -0.3 is 14.2 Å². The predicted octanol–water partition coefficient (Wildman–Crippen LogP) is 2.56. The zero-order valence-corrected chi connectivity index (χ0v) is 13.6. The predicted molar refractivity (Wildman–Crippen MR) is 88.8 cm³/mol. The Morgan fingerprint density at radius 3 is 3.00 bits per heavy atom. The van der Waals surface area contributed by atoms with Crippen LogP contribution in [0.1, 0.15) is 5.82 Å². The van der Waals surface area contributed by atoms with Crippen molar-refractivity contribution in [2.45, 2.75) is 6.61 Å². The zero-order valence-electron chi connectivity index (χ0n) is 12.8. The van der Waals surface area contributed by atoms with Gasteiger partial charge in [-0.15, -0.1) is 10.2 Å². The van der Waals surface area contributed by atoms with Gasteiger partial charge in [0.05, 0.1) is 0 Å². The van der Waals surface area contributed by atoms with Crippen molar-refractivity contribution in [3.8, 4) is 28.0 Å². The monoisotopic (exact) mass is 353 g/mol. The molecule has 0 N–H and O–H groups in total. The number of hydrogen-bond donors (Lipinski definition) is 0. The highest BCUT2D eigenvalue weighted by Gasteiger charge is 2.16. The smallest absolute Gasteiger partial charge is 0.235 e. The van der Waals surface area contributed by atoms with Gasteiger partial charge in [-0.1, -0.05) is 17.4 Å². The summed E-state index contributed by atoms with van der Waals surface area (Å²) < 4.78 is 18.1. The van der Waals surface area contributed by atoms with Crippen LogP contribution in [0.15, 0.2) is 42.6 Å². The Balaban J connectivity index is 1.39. The van der Waals surface area contributed by atoms with Crippen molar-refractivity contribution in [3.63, 3.8) is 0 Å². The highest BCUT2D eigenvalue weighted by molar-refractivity contribution is 7.19. The number of pyridine rings is 1. The van der Waals surface area contributed by atoms with E-state index in [4.69, 9.17) is 14.2 Å². The van der Waals surface area contributed by atoms with E-state index in [1.165, 1.54) is 11.3 Å². The molecule has 9 heteroatoms. The van der Waals surface area contributed by atoms with Crippen molar-refractivity contribution in [1.82, 2.24) is 24.8 Å². The molecule has 3 aromatic heterocycles. The number of ether oxygens (including phenoxy) is 3. The van der Waals surface area contributed by atoms with Crippen LogP contribution in [0.2, 0.25) is 0 Å². The molecule has 25 heavy (non-hydrogen) atoms. The van der Waals surface area contributed by atoms with Crippen molar-refractivity contribution in [1.29, 1.82) is 0 Å². The molecular weight excluding hydrogens is 342 g/mol. The van der Waals surface area contributed by atoms with Gasteiger partial charge in [0.2, 0.25) is 11.8 Å². The fourth-order valence-corrected chi connectivity index (χ4v) is 3.29. The molecule has 124 valence electrons. The average molecular weight is 353 g/mol. The molecule has 0 aliphatic carbocycles. The van der Waals surface area contributed by atoms with Crippen molar-refractivity contribution in [2.75, 3.05) is 6.79 Å². The van der Waals surface area contributed by atoms with Crippen LogP contribution in [0.3, 0.4) is 0 Å². The Labute approximate surface area is 145 Å². The van der Waals surface area contributed by atoms with E-state index in [0.717, 1.165) is 16.5 Å². The molecule has 0 saturated heterocycles. The number of aromatic nitrogens is 5. The first-order chi connectivity index (χ1) is 12.4. The molecule has 5 rings (SSSR count). The van der Waals surface area contributed by atoms with E-state index in [1.807, 2.05) is 30.3 Å². The first-order valence-corrected chi connectivity index (χ1v) is 8.33. The third kappa shape index (κ3) is 2.54. The lowest BCUT2D eigenvalue weighted by Gasteiger charge is -2.05. The van der Waals surface area contributed by atoms with Crippen LogP contribution in [0.4, 0.5) is 0 Å². The molecule has 0 saturated carbocycles. The summed E-state index contributed by atoms with van der Waals surface area (Å²) in [5.41, 5.74) is 0.806. The third-order valence-electron chi connectivity index (χ3n) is 3.65. The lowest BCUT2D eigenvalue weighted by Crippen LogP contribution is -2.02. The van der Waals surface area contributed by atoms with Gasteiger partial charge >= 0.3 is 0 Å². The number of benzene rings is 1. The van der Waals surface area contributed by atoms with Crippen molar-refractivity contribution < 1.29 is 14.2 Å². The van der Waals surface area contributed by atoms with E-state index >= 15 is 0 Å². The average Bonchev–Trinajstić information content (AvgIpc) is 3.36. The molecule has 4 aromatic rings. The van der Waals surface area contributed by atoms with Gasteiger partial charge in [0.25, 0.3) is 0 Å². The molecule has 8 nitrogen and oxygen atoms in total. The Morgan fingerprint density at radius 1 is 1.12 bits per heavy atom. The van der Waals surface area contributed by atoms with E-state index in [-0.39, 0.29) is 13.4 Å². The van der Waals surface area contributed by atoms with Crippen LogP contribution >= 0.6 is 11.3 Å². The highest BCUT2D eigenvalue weighted by Crippen LogP contribution is 2.35. The summed E-state index contributed by atoms with van der Waals surface area (Å²) in [5, 5.41) is 13.6. The van der Waals surface area contributed by atoms with Crippen LogP contribution in [0.25, 0.3) is 15.7 Å². The lowest BCUT2D eigenvalue weighted by atomic mass is 10.3. The molecule has 1 aliphatic rings. The minimum absolute atomic E-state index is 0.235. The molecular formula is C16H11N5O3S. The maximum atomic E-state index is 5.79. The Hall–Kier alpha value is -3.20. The first kappa shape index (κ1) is 14.2. The normalized spacial score (nSPS) is 12.6. The van der Waals surface area contributed by atoms with Gasteiger partial charge in [0.1, 0.15) is 18.1 Å². The summed E-state index contributed by atoms with van der Waals surface area (Å²) in [4.78, 5) is 5.01.